The minimum atomic E-state index is -0.0805. The zero-order valence-corrected chi connectivity index (χ0v) is 10.9. The molecule has 3 heterocycles. The predicted molar refractivity (Wildman–Crippen MR) is 72.9 cm³/mol. The maximum Gasteiger partial charge on any atom is 0.260 e. The lowest BCUT2D eigenvalue weighted by molar-refractivity contribution is 0.389. The quantitative estimate of drug-likeness (QED) is 0.879. The van der Waals surface area contributed by atoms with Gasteiger partial charge in [0.2, 0.25) is 5.88 Å². The zero-order chi connectivity index (χ0) is 13.2. The summed E-state index contributed by atoms with van der Waals surface area (Å²) in [5.41, 5.74) is 1.45. The summed E-state index contributed by atoms with van der Waals surface area (Å²) in [7, 11) is 1.56. The van der Waals surface area contributed by atoms with Gasteiger partial charge >= 0.3 is 0 Å². The number of methoxy groups -OCH3 is 1. The van der Waals surface area contributed by atoms with Crippen molar-refractivity contribution in [3.8, 4) is 5.88 Å². The molecule has 1 aliphatic heterocycles. The van der Waals surface area contributed by atoms with Crippen LogP contribution in [0.25, 0.3) is 5.65 Å². The van der Waals surface area contributed by atoms with E-state index in [2.05, 4.69) is 10.3 Å². The van der Waals surface area contributed by atoms with Gasteiger partial charge in [-0.2, -0.15) is 0 Å². The highest BCUT2D eigenvalue weighted by molar-refractivity contribution is 5.42. The van der Waals surface area contributed by atoms with Crippen molar-refractivity contribution in [3.05, 3.63) is 40.3 Å². The second-order valence-corrected chi connectivity index (χ2v) is 4.82. The van der Waals surface area contributed by atoms with Crippen molar-refractivity contribution in [2.75, 3.05) is 20.2 Å². The number of ether oxygens (including phenoxy) is 1. The van der Waals surface area contributed by atoms with Gasteiger partial charge in [0, 0.05) is 18.5 Å². The molecule has 19 heavy (non-hydrogen) atoms. The highest BCUT2D eigenvalue weighted by atomic mass is 16.5. The number of hydrogen-bond acceptors (Lipinski definition) is 4. The predicted octanol–water partition coefficient (Wildman–Crippen LogP) is 1.17. The molecule has 1 aliphatic rings. The van der Waals surface area contributed by atoms with Crippen molar-refractivity contribution in [3.63, 3.8) is 0 Å². The third-order valence-corrected chi connectivity index (χ3v) is 3.59. The van der Waals surface area contributed by atoms with Gasteiger partial charge in [-0.25, -0.2) is 9.38 Å². The number of nitrogens with one attached hydrogen (secondary N) is 1. The van der Waals surface area contributed by atoms with Crippen LogP contribution >= 0.6 is 0 Å². The number of fused-ring (bicyclic) bond motifs is 1. The van der Waals surface area contributed by atoms with Crippen LogP contribution in [0.2, 0.25) is 0 Å². The molecule has 5 heteroatoms. The van der Waals surface area contributed by atoms with Gasteiger partial charge in [-0.15, -0.1) is 0 Å². The Hall–Kier alpha value is -1.88. The lowest BCUT2D eigenvalue weighted by Gasteiger charge is -2.22. The van der Waals surface area contributed by atoms with Crippen molar-refractivity contribution >= 4 is 5.65 Å². The molecule has 100 valence electrons. The van der Waals surface area contributed by atoms with E-state index in [0.29, 0.717) is 17.4 Å². The molecule has 1 saturated heterocycles. The summed E-state index contributed by atoms with van der Waals surface area (Å²) in [5, 5.41) is 3.35. The van der Waals surface area contributed by atoms with Gasteiger partial charge in [-0.1, -0.05) is 6.07 Å². The van der Waals surface area contributed by atoms with Crippen molar-refractivity contribution in [2.24, 2.45) is 0 Å². The normalized spacial score (nSPS) is 19.5. The molecule has 0 radical (unpaired) electrons. The second-order valence-electron chi connectivity index (χ2n) is 4.82. The number of hydrogen-bond donors (Lipinski definition) is 1. The van der Waals surface area contributed by atoms with Crippen molar-refractivity contribution < 1.29 is 4.74 Å². The standard InChI is InChI=1S/C14H17N3O2/c1-19-14-6-2-5-12-16-11(8-13(18)17(12)14)10-4-3-7-15-9-10/h2,5-6,8,10,15H,3-4,7,9H2,1H3. The van der Waals surface area contributed by atoms with Crippen LogP contribution in [-0.4, -0.2) is 29.6 Å². The Kier molecular flexibility index (Phi) is 3.21. The molecule has 2 aromatic rings. The van der Waals surface area contributed by atoms with Crippen LogP contribution in [0.5, 0.6) is 5.88 Å². The lowest BCUT2D eigenvalue weighted by atomic mass is 9.96. The first-order valence-electron chi connectivity index (χ1n) is 6.57. The maximum absolute atomic E-state index is 12.2. The van der Waals surface area contributed by atoms with Gasteiger partial charge in [0.1, 0.15) is 5.65 Å². The van der Waals surface area contributed by atoms with Gasteiger partial charge < -0.3 is 10.1 Å². The summed E-state index contributed by atoms with van der Waals surface area (Å²) in [4.78, 5) is 16.9. The maximum atomic E-state index is 12.2. The molecule has 0 amide bonds. The van der Waals surface area contributed by atoms with E-state index in [4.69, 9.17) is 4.74 Å². The number of piperidine rings is 1. The molecule has 0 aromatic carbocycles. The van der Waals surface area contributed by atoms with Crippen molar-refractivity contribution in [2.45, 2.75) is 18.8 Å². The molecule has 3 rings (SSSR count). The Morgan fingerprint density at radius 2 is 2.37 bits per heavy atom. The number of nitrogens with zero attached hydrogens (tertiary/aromatic N) is 2. The second kappa shape index (κ2) is 5.01. The van der Waals surface area contributed by atoms with E-state index < -0.39 is 0 Å². The van der Waals surface area contributed by atoms with Crippen LogP contribution in [0.3, 0.4) is 0 Å². The summed E-state index contributed by atoms with van der Waals surface area (Å²) < 4.78 is 6.70. The smallest absolute Gasteiger partial charge is 0.260 e. The summed E-state index contributed by atoms with van der Waals surface area (Å²) in [5.74, 6) is 0.848. The third-order valence-electron chi connectivity index (χ3n) is 3.59. The molecule has 5 nitrogen and oxygen atoms in total. The molecule has 0 aliphatic carbocycles. The Balaban J connectivity index is 2.12. The third kappa shape index (κ3) is 2.21. The highest BCUT2D eigenvalue weighted by Gasteiger charge is 2.18. The SMILES string of the molecule is COc1cccc2nc(C3CCCNC3)cc(=O)n12. The fourth-order valence-corrected chi connectivity index (χ4v) is 2.62. The Morgan fingerprint density at radius 3 is 3.11 bits per heavy atom. The monoisotopic (exact) mass is 259 g/mol. The van der Waals surface area contributed by atoms with E-state index in [1.807, 2.05) is 12.1 Å². The molecule has 1 atom stereocenters. The van der Waals surface area contributed by atoms with Crippen LogP contribution in [0, 0.1) is 0 Å². The Bertz CT molecular complexity index is 645. The van der Waals surface area contributed by atoms with Crippen LogP contribution in [0.1, 0.15) is 24.5 Å². The van der Waals surface area contributed by atoms with E-state index in [9.17, 15) is 4.79 Å². The van der Waals surface area contributed by atoms with Gasteiger partial charge in [0.25, 0.3) is 5.56 Å². The Morgan fingerprint density at radius 1 is 1.47 bits per heavy atom. The Labute approximate surface area is 111 Å². The number of pyridine rings is 1. The van der Waals surface area contributed by atoms with E-state index in [1.54, 1.807) is 19.2 Å². The van der Waals surface area contributed by atoms with Crippen LogP contribution < -0.4 is 15.6 Å². The van der Waals surface area contributed by atoms with Crippen molar-refractivity contribution in [1.82, 2.24) is 14.7 Å². The molecule has 1 N–H and O–H groups in total. The first-order valence-corrected chi connectivity index (χ1v) is 6.57. The van der Waals surface area contributed by atoms with Crippen molar-refractivity contribution in [1.29, 1.82) is 0 Å². The first-order chi connectivity index (χ1) is 9.29. The number of rotatable bonds is 2. The summed E-state index contributed by atoms with van der Waals surface area (Å²) in [6.07, 6.45) is 2.21. The van der Waals surface area contributed by atoms with E-state index in [1.165, 1.54) is 4.40 Å². The minimum absolute atomic E-state index is 0.0805. The molecule has 0 spiro atoms. The average Bonchev–Trinajstić information content (AvgIpc) is 2.47. The highest BCUT2D eigenvalue weighted by Crippen LogP contribution is 2.21. The topological polar surface area (TPSA) is 55.6 Å². The zero-order valence-electron chi connectivity index (χ0n) is 10.9. The van der Waals surface area contributed by atoms with Crippen LogP contribution in [-0.2, 0) is 0 Å². The van der Waals surface area contributed by atoms with Gasteiger partial charge in [-0.3, -0.25) is 4.79 Å². The molecular formula is C14H17N3O2. The molecule has 0 saturated carbocycles. The van der Waals surface area contributed by atoms with E-state index >= 15 is 0 Å². The molecule has 1 unspecified atom stereocenters. The first kappa shape index (κ1) is 12.2. The minimum Gasteiger partial charge on any atom is -0.482 e. The fraction of sp³-hybridized carbons (Fsp3) is 0.429. The van der Waals surface area contributed by atoms with Crippen LogP contribution in [0.4, 0.5) is 0 Å². The largest absolute Gasteiger partial charge is 0.482 e. The van der Waals surface area contributed by atoms with Gasteiger partial charge in [0.15, 0.2) is 0 Å². The number of aromatic nitrogens is 2. The van der Waals surface area contributed by atoms with Gasteiger partial charge in [0.05, 0.1) is 12.8 Å². The lowest BCUT2D eigenvalue weighted by Crippen LogP contribution is -2.30. The molecule has 0 bridgehead atoms. The summed E-state index contributed by atoms with van der Waals surface area (Å²) in [6.45, 7) is 1.95. The average molecular weight is 259 g/mol. The van der Waals surface area contributed by atoms with Gasteiger partial charge in [-0.05, 0) is 31.5 Å². The molecular weight excluding hydrogens is 242 g/mol. The van der Waals surface area contributed by atoms with E-state index in [-0.39, 0.29) is 5.56 Å². The van der Waals surface area contributed by atoms with Crippen LogP contribution in [0.15, 0.2) is 29.1 Å². The summed E-state index contributed by atoms with van der Waals surface area (Å²) >= 11 is 0. The molecule has 2 aromatic heterocycles. The molecule has 1 fully saturated rings. The fourth-order valence-electron chi connectivity index (χ4n) is 2.62. The summed E-state index contributed by atoms with van der Waals surface area (Å²) in [6, 6.07) is 7.08. The van der Waals surface area contributed by atoms with E-state index in [0.717, 1.165) is 31.6 Å².